The van der Waals surface area contributed by atoms with Gasteiger partial charge >= 0.3 is 6.09 Å². The zero-order valence-electron chi connectivity index (χ0n) is 10.2. The molecule has 0 saturated carbocycles. The molecule has 0 radical (unpaired) electrons. The number of hydrogen-bond acceptors (Lipinski definition) is 3. The van der Waals surface area contributed by atoms with Crippen LogP contribution in [0.15, 0.2) is 59.8 Å². The number of aromatic nitrogens is 1. The average molecular weight is 255 g/mol. The highest BCUT2D eigenvalue weighted by Gasteiger charge is 2.07. The van der Waals surface area contributed by atoms with Crippen LogP contribution in [0.25, 0.3) is 0 Å². The van der Waals surface area contributed by atoms with Gasteiger partial charge in [-0.25, -0.2) is 10.2 Å². The third kappa shape index (κ3) is 3.92. The van der Waals surface area contributed by atoms with Crippen LogP contribution in [0.1, 0.15) is 11.3 Å². The first-order valence-corrected chi connectivity index (χ1v) is 5.76. The first-order valence-electron chi connectivity index (χ1n) is 5.76. The summed E-state index contributed by atoms with van der Waals surface area (Å²) >= 11 is 0. The summed E-state index contributed by atoms with van der Waals surface area (Å²) < 4.78 is 0. The molecule has 0 saturated heterocycles. The number of nitrogens with one attached hydrogen (secondary N) is 1. The molecule has 2 N–H and O–H groups in total. The predicted molar refractivity (Wildman–Crippen MR) is 72.1 cm³/mol. The van der Waals surface area contributed by atoms with Crippen molar-refractivity contribution in [1.29, 1.82) is 0 Å². The van der Waals surface area contributed by atoms with E-state index in [1.54, 1.807) is 18.3 Å². The van der Waals surface area contributed by atoms with E-state index < -0.39 is 6.09 Å². The molecule has 0 spiro atoms. The number of rotatable bonds is 4. The predicted octanol–water partition coefficient (Wildman–Crippen LogP) is 2.30. The molecule has 19 heavy (non-hydrogen) atoms. The Morgan fingerprint density at radius 3 is 2.53 bits per heavy atom. The number of hydrazone groups is 1. The fourth-order valence-corrected chi connectivity index (χ4v) is 1.63. The summed E-state index contributed by atoms with van der Waals surface area (Å²) in [6.45, 7) is 0. The molecule has 0 aliphatic heterocycles. The van der Waals surface area contributed by atoms with E-state index in [2.05, 4.69) is 10.1 Å². The summed E-state index contributed by atoms with van der Waals surface area (Å²) in [5, 5.41) is 12.5. The lowest BCUT2D eigenvalue weighted by molar-refractivity contribution is 0.195. The molecule has 0 fully saturated rings. The highest BCUT2D eigenvalue weighted by molar-refractivity contribution is 6.00. The summed E-state index contributed by atoms with van der Waals surface area (Å²) in [5.74, 6) is 0. The lowest BCUT2D eigenvalue weighted by Crippen LogP contribution is -2.19. The minimum Gasteiger partial charge on any atom is -0.464 e. The van der Waals surface area contributed by atoms with Crippen LogP contribution in [0.3, 0.4) is 0 Å². The summed E-state index contributed by atoms with van der Waals surface area (Å²) in [7, 11) is 0. The van der Waals surface area contributed by atoms with E-state index in [4.69, 9.17) is 5.11 Å². The third-order valence-corrected chi connectivity index (χ3v) is 2.46. The summed E-state index contributed by atoms with van der Waals surface area (Å²) in [4.78, 5) is 14.7. The van der Waals surface area contributed by atoms with Crippen molar-refractivity contribution in [1.82, 2.24) is 10.4 Å². The second kappa shape index (κ2) is 6.30. The SMILES string of the molecule is O=C(O)NN=C(Cc1ccccc1)c1ccccn1. The van der Waals surface area contributed by atoms with Gasteiger partial charge in [0.1, 0.15) is 0 Å². The van der Waals surface area contributed by atoms with Gasteiger partial charge in [0, 0.05) is 12.6 Å². The van der Waals surface area contributed by atoms with Crippen LogP contribution in [0.5, 0.6) is 0 Å². The van der Waals surface area contributed by atoms with Crippen LogP contribution < -0.4 is 5.43 Å². The Hall–Kier alpha value is -2.69. The van der Waals surface area contributed by atoms with Crippen molar-refractivity contribution < 1.29 is 9.90 Å². The Morgan fingerprint density at radius 2 is 1.89 bits per heavy atom. The monoisotopic (exact) mass is 255 g/mol. The molecule has 0 aliphatic carbocycles. The molecule has 0 unspecified atom stereocenters. The van der Waals surface area contributed by atoms with Gasteiger partial charge in [0.15, 0.2) is 0 Å². The number of hydrogen-bond donors (Lipinski definition) is 2. The Balaban J connectivity index is 2.25. The molecule has 0 bridgehead atoms. The van der Waals surface area contributed by atoms with Crippen molar-refractivity contribution in [3.8, 4) is 0 Å². The summed E-state index contributed by atoms with van der Waals surface area (Å²) in [6, 6.07) is 15.1. The number of carbonyl (C=O) groups is 1. The smallest absolute Gasteiger partial charge is 0.425 e. The van der Waals surface area contributed by atoms with E-state index in [1.165, 1.54) is 0 Å². The van der Waals surface area contributed by atoms with Crippen LogP contribution in [-0.4, -0.2) is 21.9 Å². The molecule has 2 aromatic rings. The van der Waals surface area contributed by atoms with Gasteiger partial charge < -0.3 is 5.11 Å². The van der Waals surface area contributed by atoms with Gasteiger partial charge in [0.05, 0.1) is 11.4 Å². The second-order valence-electron chi connectivity index (χ2n) is 3.85. The van der Waals surface area contributed by atoms with Crippen molar-refractivity contribution >= 4 is 11.8 Å². The maximum Gasteiger partial charge on any atom is 0.425 e. The molecule has 1 amide bonds. The van der Waals surface area contributed by atoms with Gasteiger partial charge in [0.25, 0.3) is 0 Å². The first kappa shape index (κ1) is 12.8. The van der Waals surface area contributed by atoms with E-state index in [0.717, 1.165) is 5.56 Å². The van der Waals surface area contributed by atoms with E-state index >= 15 is 0 Å². The molecule has 96 valence electrons. The molecular weight excluding hydrogens is 242 g/mol. The number of amides is 1. The average Bonchev–Trinajstić information content (AvgIpc) is 2.45. The Kier molecular flexibility index (Phi) is 4.23. The maximum atomic E-state index is 10.5. The molecule has 5 heteroatoms. The van der Waals surface area contributed by atoms with Crippen molar-refractivity contribution in [3.63, 3.8) is 0 Å². The fourth-order valence-electron chi connectivity index (χ4n) is 1.63. The van der Waals surface area contributed by atoms with Crippen molar-refractivity contribution in [2.75, 3.05) is 0 Å². The molecular formula is C14H13N3O2. The van der Waals surface area contributed by atoms with Crippen molar-refractivity contribution in [2.24, 2.45) is 5.10 Å². The van der Waals surface area contributed by atoms with Gasteiger partial charge in [-0.1, -0.05) is 36.4 Å². The minimum absolute atomic E-state index is 0.512. The lowest BCUT2D eigenvalue weighted by atomic mass is 10.1. The number of benzene rings is 1. The van der Waals surface area contributed by atoms with Crippen LogP contribution in [-0.2, 0) is 6.42 Å². The normalized spacial score (nSPS) is 11.1. The van der Waals surface area contributed by atoms with Crippen LogP contribution in [0, 0.1) is 0 Å². The van der Waals surface area contributed by atoms with E-state index in [0.29, 0.717) is 17.8 Å². The largest absolute Gasteiger partial charge is 0.464 e. The molecule has 0 atom stereocenters. The highest BCUT2D eigenvalue weighted by atomic mass is 16.4. The quantitative estimate of drug-likeness (QED) is 0.650. The molecule has 1 aromatic carbocycles. The molecule has 0 aliphatic rings. The van der Waals surface area contributed by atoms with E-state index in [1.807, 2.05) is 41.8 Å². The summed E-state index contributed by atoms with van der Waals surface area (Å²) in [6.07, 6.45) is 0.968. The Bertz CT molecular complexity index is 568. The number of pyridine rings is 1. The standard InChI is InChI=1S/C14H13N3O2/c18-14(19)17-16-13(12-8-4-5-9-15-12)10-11-6-2-1-3-7-11/h1-9,17H,10H2,(H,18,19). The fraction of sp³-hybridized carbons (Fsp3) is 0.0714. The zero-order chi connectivity index (χ0) is 13.5. The van der Waals surface area contributed by atoms with Gasteiger partial charge in [0.2, 0.25) is 0 Å². The van der Waals surface area contributed by atoms with Crippen LogP contribution in [0.4, 0.5) is 4.79 Å². The Morgan fingerprint density at radius 1 is 1.16 bits per heavy atom. The number of nitrogens with zero attached hydrogens (tertiary/aromatic N) is 2. The molecule has 2 rings (SSSR count). The molecule has 5 nitrogen and oxygen atoms in total. The Labute approximate surface area is 110 Å². The van der Waals surface area contributed by atoms with Crippen molar-refractivity contribution in [3.05, 3.63) is 66.0 Å². The maximum absolute atomic E-state index is 10.5. The van der Waals surface area contributed by atoms with Gasteiger partial charge in [-0.15, -0.1) is 0 Å². The minimum atomic E-state index is -1.19. The zero-order valence-corrected chi connectivity index (χ0v) is 10.2. The van der Waals surface area contributed by atoms with Crippen LogP contribution >= 0.6 is 0 Å². The van der Waals surface area contributed by atoms with Gasteiger partial charge in [-0.3, -0.25) is 4.98 Å². The summed E-state index contributed by atoms with van der Waals surface area (Å²) in [5.41, 5.74) is 4.30. The van der Waals surface area contributed by atoms with E-state index in [-0.39, 0.29) is 0 Å². The number of carboxylic acid groups (broad SMARTS) is 1. The molecule has 1 heterocycles. The molecule has 1 aromatic heterocycles. The lowest BCUT2D eigenvalue weighted by Gasteiger charge is -2.05. The second-order valence-corrected chi connectivity index (χ2v) is 3.85. The van der Waals surface area contributed by atoms with Gasteiger partial charge in [-0.2, -0.15) is 5.10 Å². The topological polar surface area (TPSA) is 74.6 Å². The van der Waals surface area contributed by atoms with Crippen molar-refractivity contribution in [2.45, 2.75) is 6.42 Å². The van der Waals surface area contributed by atoms with E-state index in [9.17, 15) is 4.79 Å². The highest BCUT2D eigenvalue weighted by Crippen LogP contribution is 2.06. The van der Waals surface area contributed by atoms with Crippen LogP contribution in [0.2, 0.25) is 0 Å². The first-order chi connectivity index (χ1) is 9.25. The third-order valence-electron chi connectivity index (χ3n) is 2.46. The van der Waals surface area contributed by atoms with Gasteiger partial charge in [-0.05, 0) is 17.7 Å².